The Kier molecular flexibility index (Phi) is 7.18. The van der Waals surface area contributed by atoms with Gasteiger partial charge < -0.3 is 10.1 Å². The van der Waals surface area contributed by atoms with E-state index in [0.29, 0.717) is 35.7 Å². The molecule has 0 saturated carbocycles. The Labute approximate surface area is 171 Å². The van der Waals surface area contributed by atoms with E-state index in [-0.39, 0.29) is 5.91 Å². The minimum atomic E-state index is -0.257. The summed E-state index contributed by atoms with van der Waals surface area (Å²) in [5.74, 6) is 6.71. The van der Waals surface area contributed by atoms with Gasteiger partial charge in [0.15, 0.2) is 0 Å². The number of amides is 1. The summed E-state index contributed by atoms with van der Waals surface area (Å²) in [5.41, 5.74) is 3.30. The molecule has 2 aromatic heterocycles. The van der Waals surface area contributed by atoms with Crippen molar-refractivity contribution in [1.82, 2.24) is 9.97 Å². The molecule has 0 bridgehead atoms. The summed E-state index contributed by atoms with van der Waals surface area (Å²) in [7, 11) is 0. The van der Waals surface area contributed by atoms with Gasteiger partial charge in [0, 0.05) is 30.8 Å². The van der Waals surface area contributed by atoms with Crippen molar-refractivity contribution < 1.29 is 9.53 Å². The second-order valence-electron chi connectivity index (χ2n) is 6.73. The first-order valence-electron chi connectivity index (χ1n) is 9.89. The zero-order valence-corrected chi connectivity index (χ0v) is 16.9. The number of rotatable bonds is 7. The van der Waals surface area contributed by atoms with E-state index in [9.17, 15) is 4.79 Å². The van der Waals surface area contributed by atoms with Crippen LogP contribution in [-0.4, -0.2) is 22.5 Å². The van der Waals surface area contributed by atoms with Gasteiger partial charge in [-0.3, -0.25) is 9.78 Å². The first kappa shape index (κ1) is 20.3. The van der Waals surface area contributed by atoms with Crippen molar-refractivity contribution in [2.75, 3.05) is 11.9 Å². The lowest BCUT2D eigenvalue weighted by molar-refractivity contribution is 0.102. The van der Waals surface area contributed by atoms with E-state index in [2.05, 4.69) is 34.0 Å². The lowest BCUT2D eigenvalue weighted by Crippen LogP contribution is -2.15. The molecule has 0 saturated heterocycles. The van der Waals surface area contributed by atoms with Crippen LogP contribution in [0.3, 0.4) is 0 Å². The molecule has 0 spiro atoms. The van der Waals surface area contributed by atoms with Crippen LogP contribution in [0.2, 0.25) is 0 Å². The van der Waals surface area contributed by atoms with Gasteiger partial charge in [-0.05, 0) is 49.2 Å². The number of carbonyl (C=O) groups is 1. The second kappa shape index (κ2) is 10.2. The van der Waals surface area contributed by atoms with E-state index in [1.807, 2.05) is 37.3 Å². The van der Waals surface area contributed by atoms with Gasteiger partial charge in [-0.2, -0.15) is 0 Å². The Bertz CT molecular complexity index is 1050. The van der Waals surface area contributed by atoms with Crippen LogP contribution in [0.25, 0.3) is 11.0 Å². The average Bonchev–Trinajstić information content (AvgIpc) is 2.73. The van der Waals surface area contributed by atoms with Gasteiger partial charge in [0.05, 0.1) is 17.6 Å². The molecule has 3 aromatic rings. The van der Waals surface area contributed by atoms with Crippen molar-refractivity contribution in [3.05, 3.63) is 59.9 Å². The van der Waals surface area contributed by atoms with Gasteiger partial charge in [0.25, 0.3) is 5.91 Å². The molecule has 148 valence electrons. The number of nitrogens with zero attached hydrogens (tertiary/aromatic N) is 2. The van der Waals surface area contributed by atoms with E-state index < -0.39 is 0 Å². The number of hydrogen-bond donors (Lipinski definition) is 1. The fourth-order valence-corrected chi connectivity index (χ4v) is 2.84. The third-order valence-corrected chi connectivity index (χ3v) is 4.36. The first-order chi connectivity index (χ1) is 14.2. The number of hydrogen-bond acceptors (Lipinski definition) is 4. The molecule has 0 aliphatic heterocycles. The standard InChI is InChI=1S/C24H25N3O2/c1-3-4-5-6-7-8-15-29-20-12-9-11-19(17-20)26-24(28)23-18(2)16-22-21(27-23)13-10-14-25-22/h9-14,16-17H,3-5,8,15H2,1-2H3,(H,26,28). The molecule has 0 atom stereocenters. The van der Waals surface area contributed by atoms with Crippen LogP contribution in [0.1, 0.15) is 48.7 Å². The topological polar surface area (TPSA) is 64.1 Å². The fourth-order valence-electron chi connectivity index (χ4n) is 2.84. The quantitative estimate of drug-likeness (QED) is 0.450. The van der Waals surface area contributed by atoms with Crippen molar-refractivity contribution in [2.24, 2.45) is 0 Å². The number of anilines is 1. The molecule has 5 heteroatoms. The number of nitrogens with one attached hydrogen (secondary N) is 1. The van der Waals surface area contributed by atoms with Crippen molar-refractivity contribution in [1.29, 1.82) is 0 Å². The average molecular weight is 387 g/mol. The van der Waals surface area contributed by atoms with Crippen LogP contribution in [0, 0.1) is 18.8 Å². The Hall–Kier alpha value is -3.39. The Morgan fingerprint density at radius 3 is 2.83 bits per heavy atom. The largest absolute Gasteiger partial charge is 0.493 e. The summed E-state index contributed by atoms with van der Waals surface area (Å²) in [4.78, 5) is 21.5. The van der Waals surface area contributed by atoms with Crippen LogP contribution in [0.4, 0.5) is 5.69 Å². The highest BCUT2D eigenvalue weighted by Gasteiger charge is 2.13. The summed E-state index contributed by atoms with van der Waals surface area (Å²) >= 11 is 0. The predicted molar refractivity (Wildman–Crippen MR) is 116 cm³/mol. The molecule has 1 N–H and O–H groups in total. The van der Waals surface area contributed by atoms with Gasteiger partial charge in [-0.15, -0.1) is 5.92 Å². The number of pyridine rings is 2. The summed E-state index contributed by atoms with van der Waals surface area (Å²) < 4.78 is 5.74. The highest BCUT2D eigenvalue weighted by Crippen LogP contribution is 2.20. The van der Waals surface area contributed by atoms with Gasteiger partial charge >= 0.3 is 0 Å². The maximum Gasteiger partial charge on any atom is 0.274 e. The Morgan fingerprint density at radius 2 is 1.97 bits per heavy atom. The van der Waals surface area contributed by atoms with Gasteiger partial charge in [-0.25, -0.2) is 4.98 Å². The minimum absolute atomic E-state index is 0.257. The summed E-state index contributed by atoms with van der Waals surface area (Å²) in [6.45, 7) is 4.54. The molecule has 0 radical (unpaired) electrons. The number of fused-ring (bicyclic) bond motifs is 1. The summed E-state index contributed by atoms with van der Waals surface area (Å²) in [6, 6.07) is 12.9. The number of carbonyl (C=O) groups excluding carboxylic acids is 1. The first-order valence-corrected chi connectivity index (χ1v) is 9.89. The molecular weight excluding hydrogens is 362 g/mol. The number of aryl methyl sites for hydroxylation is 1. The van der Waals surface area contributed by atoms with E-state index in [1.165, 1.54) is 0 Å². The molecule has 1 amide bonds. The molecule has 3 rings (SSSR count). The molecule has 5 nitrogen and oxygen atoms in total. The number of ether oxygens (including phenoxy) is 1. The Morgan fingerprint density at radius 1 is 1.10 bits per heavy atom. The van der Waals surface area contributed by atoms with Gasteiger partial charge in [-0.1, -0.05) is 25.3 Å². The smallest absolute Gasteiger partial charge is 0.274 e. The zero-order chi connectivity index (χ0) is 20.5. The third kappa shape index (κ3) is 5.79. The lowest BCUT2D eigenvalue weighted by atomic mass is 10.1. The summed E-state index contributed by atoms with van der Waals surface area (Å²) in [6.07, 6.45) is 5.64. The number of benzene rings is 1. The molecule has 0 unspecified atom stereocenters. The molecule has 1 aromatic carbocycles. The van der Waals surface area contributed by atoms with Crippen molar-refractivity contribution in [3.8, 4) is 17.6 Å². The fraction of sp³-hybridized carbons (Fsp3) is 0.292. The van der Waals surface area contributed by atoms with Crippen LogP contribution in [-0.2, 0) is 0 Å². The van der Waals surface area contributed by atoms with Crippen LogP contribution in [0.5, 0.6) is 5.75 Å². The third-order valence-electron chi connectivity index (χ3n) is 4.36. The van der Waals surface area contributed by atoms with Crippen molar-refractivity contribution in [2.45, 2.75) is 39.5 Å². The SMILES string of the molecule is CCCCC#CCCOc1cccc(NC(=O)c2nc3cccnc3cc2C)c1. The molecule has 29 heavy (non-hydrogen) atoms. The van der Waals surface area contributed by atoms with E-state index >= 15 is 0 Å². The molecular formula is C24H25N3O2. The molecule has 0 aliphatic carbocycles. The van der Waals surface area contributed by atoms with Crippen LogP contribution in [0.15, 0.2) is 48.7 Å². The van der Waals surface area contributed by atoms with E-state index in [4.69, 9.17) is 4.74 Å². The number of unbranched alkanes of at least 4 members (excludes halogenated alkanes) is 2. The van der Waals surface area contributed by atoms with Crippen molar-refractivity contribution >= 4 is 22.6 Å². The van der Waals surface area contributed by atoms with Gasteiger partial charge in [0.1, 0.15) is 11.4 Å². The monoisotopic (exact) mass is 387 g/mol. The Balaban J connectivity index is 1.61. The molecule has 2 heterocycles. The molecule has 0 fully saturated rings. The normalized spacial score (nSPS) is 10.3. The maximum absolute atomic E-state index is 12.7. The van der Waals surface area contributed by atoms with E-state index in [0.717, 1.165) is 30.3 Å². The van der Waals surface area contributed by atoms with Crippen LogP contribution < -0.4 is 10.1 Å². The van der Waals surface area contributed by atoms with Crippen LogP contribution >= 0.6 is 0 Å². The zero-order valence-electron chi connectivity index (χ0n) is 16.9. The highest BCUT2D eigenvalue weighted by atomic mass is 16.5. The minimum Gasteiger partial charge on any atom is -0.493 e. The predicted octanol–water partition coefficient (Wildman–Crippen LogP) is 5.15. The summed E-state index contributed by atoms with van der Waals surface area (Å²) in [5, 5.41) is 2.90. The second-order valence-corrected chi connectivity index (χ2v) is 6.73. The molecule has 0 aliphatic rings. The van der Waals surface area contributed by atoms with E-state index in [1.54, 1.807) is 18.3 Å². The lowest BCUT2D eigenvalue weighted by Gasteiger charge is -2.10. The van der Waals surface area contributed by atoms with Crippen molar-refractivity contribution in [3.63, 3.8) is 0 Å². The number of aromatic nitrogens is 2. The maximum atomic E-state index is 12.7. The highest BCUT2D eigenvalue weighted by molar-refractivity contribution is 6.05. The van der Waals surface area contributed by atoms with Gasteiger partial charge in [0.2, 0.25) is 0 Å².